The smallest absolute Gasteiger partial charge is 0.145 e. The van der Waals surface area contributed by atoms with Crippen LogP contribution in [0.2, 0.25) is 0 Å². The molecule has 0 amide bonds. The fourth-order valence-electron chi connectivity index (χ4n) is 2.15. The lowest BCUT2D eigenvalue weighted by atomic mass is 10.1. The van der Waals surface area contributed by atoms with Gasteiger partial charge in [-0.1, -0.05) is 20.8 Å². The molecule has 5 heteroatoms. The Morgan fingerprint density at radius 3 is 2.61 bits per heavy atom. The number of hydrogen-bond acceptors (Lipinski definition) is 5. The third kappa shape index (κ3) is 3.10. The summed E-state index contributed by atoms with van der Waals surface area (Å²) < 4.78 is 0. The molecule has 1 aliphatic rings. The van der Waals surface area contributed by atoms with Gasteiger partial charge in [0.05, 0.1) is 0 Å². The quantitative estimate of drug-likeness (QED) is 0.532. The minimum absolute atomic E-state index is 0.487. The summed E-state index contributed by atoms with van der Waals surface area (Å²) in [5.41, 5.74) is 3.08. The molecule has 1 aliphatic carbocycles. The van der Waals surface area contributed by atoms with Crippen molar-refractivity contribution in [1.29, 1.82) is 0 Å². The van der Waals surface area contributed by atoms with Crippen LogP contribution in [0, 0.1) is 11.3 Å². The van der Waals surface area contributed by atoms with E-state index in [1.165, 1.54) is 6.42 Å². The van der Waals surface area contributed by atoms with E-state index in [2.05, 4.69) is 41.5 Å². The molecule has 1 fully saturated rings. The lowest BCUT2D eigenvalue weighted by Crippen LogP contribution is -2.14. The molecule has 5 nitrogen and oxygen atoms in total. The Kier molecular flexibility index (Phi) is 3.71. The average Bonchev–Trinajstić information content (AvgIpc) is 2.95. The summed E-state index contributed by atoms with van der Waals surface area (Å²) in [5.74, 6) is 8.55. The molecule has 0 aliphatic heterocycles. The second-order valence-electron chi connectivity index (χ2n) is 5.72. The molecule has 18 heavy (non-hydrogen) atoms. The number of anilines is 2. The van der Waals surface area contributed by atoms with Crippen LogP contribution < -0.4 is 16.6 Å². The van der Waals surface area contributed by atoms with E-state index in [4.69, 9.17) is 5.84 Å². The van der Waals surface area contributed by atoms with Crippen LogP contribution >= 0.6 is 0 Å². The molecule has 0 spiro atoms. The number of aryl methyl sites for hydroxylation is 1. The molecule has 0 saturated heterocycles. The van der Waals surface area contributed by atoms with Gasteiger partial charge in [0, 0.05) is 19.0 Å². The topological polar surface area (TPSA) is 75.9 Å². The Labute approximate surface area is 109 Å². The molecular formula is C13H23N5. The van der Waals surface area contributed by atoms with Crippen molar-refractivity contribution in [3.05, 3.63) is 11.9 Å². The van der Waals surface area contributed by atoms with Gasteiger partial charge < -0.3 is 10.7 Å². The fraction of sp³-hybridized carbons (Fsp3) is 0.692. The lowest BCUT2D eigenvalue weighted by Gasteiger charge is -2.10. The normalized spacial score (nSPS) is 20.6. The first-order valence-electron chi connectivity index (χ1n) is 6.63. The van der Waals surface area contributed by atoms with E-state index in [1.807, 2.05) is 6.07 Å². The Morgan fingerprint density at radius 2 is 2.06 bits per heavy atom. The molecule has 2 rings (SSSR count). The van der Waals surface area contributed by atoms with Gasteiger partial charge in [-0.3, -0.25) is 0 Å². The van der Waals surface area contributed by atoms with Crippen molar-refractivity contribution >= 4 is 11.6 Å². The molecule has 1 saturated carbocycles. The van der Waals surface area contributed by atoms with E-state index in [-0.39, 0.29) is 0 Å². The Hall–Kier alpha value is -1.36. The van der Waals surface area contributed by atoms with Gasteiger partial charge in [0.25, 0.3) is 0 Å². The highest BCUT2D eigenvalue weighted by Gasteiger charge is 2.44. The van der Waals surface area contributed by atoms with Gasteiger partial charge in [-0.25, -0.2) is 15.8 Å². The molecule has 1 aromatic heterocycles. The first-order valence-corrected chi connectivity index (χ1v) is 6.63. The zero-order valence-electron chi connectivity index (χ0n) is 11.5. The zero-order valence-corrected chi connectivity index (χ0v) is 11.5. The molecule has 0 radical (unpaired) electrons. The number of aromatic nitrogens is 2. The maximum absolute atomic E-state index is 5.43. The molecule has 1 heterocycles. The zero-order chi connectivity index (χ0) is 13.2. The van der Waals surface area contributed by atoms with Crippen LogP contribution in [0.5, 0.6) is 0 Å². The third-order valence-electron chi connectivity index (χ3n) is 3.64. The van der Waals surface area contributed by atoms with Crippen LogP contribution in [0.4, 0.5) is 11.6 Å². The molecule has 100 valence electrons. The highest BCUT2D eigenvalue weighted by atomic mass is 15.3. The average molecular weight is 249 g/mol. The number of hydrogen-bond donors (Lipinski definition) is 3. The maximum atomic E-state index is 5.43. The predicted molar refractivity (Wildman–Crippen MR) is 74.2 cm³/mol. The highest BCUT2D eigenvalue weighted by Crippen LogP contribution is 2.51. The van der Waals surface area contributed by atoms with Crippen LogP contribution in [0.25, 0.3) is 0 Å². The second kappa shape index (κ2) is 5.10. The molecule has 1 atom stereocenters. The van der Waals surface area contributed by atoms with E-state index >= 15 is 0 Å². The second-order valence-corrected chi connectivity index (χ2v) is 5.72. The van der Waals surface area contributed by atoms with Gasteiger partial charge in [0.15, 0.2) is 0 Å². The van der Waals surface area contributed by atoms with Crippen LogP contribution in [0.3, 0.4) is 0 Å². The minimum Gasteiger partial charge on any atom is -0.370 e. The number of nitrogens with zero attached hydrogens (tertiary/aromatic N) is 2. The summed E-state index contributed by atoms with van der Waals surface area (Å²) in [5, 5.41) is 3.39. The maximum Gasteiger partial charge on any atom is 0.145 e. The van der Waals surface area contributed by atoms with E-state index in [9.17, 15) is 0 Å². The van der Waals surface area contributed by atoms with Gasteiger partial charge in [0.2, 0.25) is 0 Å². The summed E-state index contributed by atoms with van der Waals surface area (Å²) in [6.07, 6.45) is 3.19. The monoisotopic (exact) mass is 249 g/mol. The number of hydrazine groups is 1. The molecule has 4 N–H and O–H groups in total. The third-order valence-corrected chi connectivity index (χ3v) is 3.64. The SMILES string of the molecule is CCCc1nc(NN)cc(NCC2CC2(C)C)n1. The fourth-order valence-corrected chi connectivity index (χ4v) is 2.15. The van der Waals surface area contributed by atoms with Gasteiger partial charge >= 0.3 is 0 Å². The molecule has 1 unspecified atom stereocenters. The number of nitrogen functional groups attached to an aromatic ring is 1. The first kappa shape index (κ1) is 13.1. The van der Waals surface area contributed by atoms with Crippen molar-refractivity contribution in [3.8, 4) is 0 Å². The largest absolute Gasteiger partial charge is 0.370 e. The van der Waals surface area contributed by atoms with Crippen molar-refractivity contribution in [2.75, 3.05) is 17.3 Å². The molecule has 0 bridgehead atoms. The van der Waals surface area contributed by atoms with E-state index in [1.54, 1.807) is 0 Å². The van der Waals surface area contributed by atoms with Crippen LogP contribution in [0.15, 0.2) is 6.07 Å². The number of nitrogens with one attached hydrogen (secondary N) is 2. The van der Waals surface area contributed by atoms with Crippen molar-refractivity contribution < 1.29 is 0 Å². The van der Waals surface area contributed by atoms with Crippen molar-refractivity contribution in [3.63, 3.8) is 0 Å². The first-order chi connectivity index (χ1) is 8.55. The van der Waals surface area contributed by atoms with Crippen LogP contribution in [0.1, 0.15) is 39.4 Å². The van der Waals surface area contributed by atoms with Gasteiger partial charge in [-0.05, 0) is 24.2 Å². The van der Waals surface area contributed by atoms with Gasteiger partial charge in [-0.2, -0.15) is 0 Å². The van der Waals surface area contributed by atoms with Crippen molar-refractivity contribution in [2.24, 2.45) is 17.2 Å². The van der Waals surface area contributed by atoms with Crippen molar-refractivity contribution in [1.82, 2.24) is 9.97 Å². The number of rotatable bonds is 6. The van der Waals surface area contributed by atoms with E-state index < -0.39 is 0 Å². The summed E-state index contributed by atoms with van der Waals surface area (Å²) in [6, 6.07) is 1.86. The number of nitrogens with two attached hydrogens (primary N) is 1. The summed E-state index contributed by atoms with van der Waals surface area (Å²) in [7, 11) is 0. The van der Waals surface area contributed by atoms with Gasteiger partial charge in [0.1, 0.15) is 17.5 Å². The van der Waals surface area contributed by atoms with Crippen molar-refractivity contribution in [2.45, 2.75) is 40.0 Å². The standard InChI is InChI=1S/C13H23N5/c1-4-5-10-16-11(6-12(17-10)18-14)15-8-9-7-13(9,2)3/h6,9H,4-5,7-8,14H2,1-3H3,(H2,15,16,17,18). The van der Waals surface area contributed by atoms with E-state index in [0.29, 0.717) is 11.2 Å². The Bertz CT molecular complexity index is 416. The Morgan fingerprint density at radius 1 is 1.39 bits per heavy atom. The molecule has 1 aromatic rings. The minimum atomic E-state index is 0.487. The predicted octanol–water partition coefficient (Wildman–Crippen LogP) is 2.17. The van der Waals surface area contributed by atoms with E-state index in [0.717, 1.165) is 36.9 Å². The lowest BCUT2D eigenvalue weighted by molar-refractivity contribution is 0.572. The summed E-state index contributed by atoms with van der Waals surface area (Å²) in [6.45, 7) is 7.69. The summed E-state index contributed by atoms with van der Waals surface area (Å²) in [4.78, 5) is 8.83. The molecule has 0 aromatic carbocycles. The summed E-state index contributed by atoms with van der Waals surface area (Å²) >= 11 is 0. The van der Waals surface area contributed by atoms with Gasteiger partial charge in [-0.15, -0.1) is 0 Å². The molecular weight excluding hydrogens is 226 g/mol. The van der Waals surface area contributed by atoms with Crippen LogP contribution in [-0.4, -0.2) is 16.5 Å². The highest BCUT2D eigenvalue weighted by molar-refractivity contribution is 5.47. The Balaban J connectivity index is 2.00. The van der Waals surface area contributed by atoms with Crippen LogP contribution in [-0.2, 0) is 6.42 Å².